The van der Waals surface area contributed by atoms with Crippen molar-refractivity contribution in [1.82, 2.24) is 19.3 Å². The van der Waals surface area contributed by atoms with Crippen LogP contribution >= 0.6 is 0 Å². The third-order valence-corrected chi connectivity index (χ3v) is 9.86. The summed E-state index contributed by atoms with van der Waals surface area (Å²) in [5, 5.41) is 18.8. The van der Waals surface area contributed by atoms with Crippen LogP contribution in [0.15, 0.2) is 48.5 Å². The first-order chi connectivity index (χ1) is 20.1. The second-order valence-corrected chi connectivity index (χ2v) is 12.7. The Morgan fingerprint density at radius 2 is 1.88 bits per heavy atom. The SMILES string of the molecule is Cc1ccc2cc1[C@@H](C)N1Cc3cc(ccc3OS1(=O)=O)OCCCCCn1nnc3c(C)c(ccc31)[C@@H]2CC(=O)O. The third kappa shape index (κ3) is 5.22. The minimum absolute atomic E-state index is 0.126. The van der Waals surface area contributed by atoms with Gasteiger partial charge in [0.1, 0.15) is 17.0 Å². The zero-order valence-corrected chi connectivity index (χ0v) is 24.7. The van der Waals surface area contributed by atoms with E-state index in [1.165, 1.54) is 4.31 Å². The van der Waals surface area contributed by atoms with E-state index in [2.05, 4.69) is 10.3 Å². The van der Waals surface area contributed by atoms with Crippen LogP contribution in [0.1, 0.15) is 77.9 Å². The van der Waals surface area contributed by atoms with E-state index in [0.29, 0.717) is 24.7 Å². The lowest BCUT2D eigenvalue weighted by Gasteiger charge is -2.33. The van der Waals surface area contributed by atoms with E-state index < -0.39 is 28.2 Å². The number of fused-ring (bicyclic) bond motifs is 6. The fourth-order valence-corrected chi connectivity index (χ4v) is 7.39. The summed E-state index contributed by atoms with van der Waals surface area (Å²) in [7, 11) is -4.08. The smallest absolute Gasteiger partial charge is 0.386 e. The standard InChI is InChI=1S/C31H34N4O6S/c1-19-7-8-22-16-26(19)21(3)35-18-23-15-24(9-12-29(23)41-42(35,38)39)40-14-6-4-5-13-34-28-11-10-25(27(22)17-30(36)37)20(2)31(28)32-33-34/h7-12,15-16,21,27H,4-6,13-14,17-18H2,1-3H3,(H,36,37)/t21-,27-/m1/s1. The second kappa shape index (κ2) is 11.0. The Bertz CT molecular complexity index is 1780. The topological polar surface area (TPSA) is 124 Å². The molecule has 0 aliphatic carbocycles. The summed E-state index contributed by atoms with van der Waals surface area (Å²) in [6, 6.07) is 14.4. The van der Waals surface area contributed by atoms with Crippen LogP contribution in [0, 0.1) is 13.8 Å². The van der Waals surface area contributed by atoms with Gasteiger partial charge < -0.3 is 14.0 Å². The van der Waals surface area contributed by atoms with Crippen LogP contribution in [-0.2, 0) is 28.2 Å². The molecule has 11 heteroatoms. The average molecular weight is 591 g/mol. The Morgan fingerprint density at radius 3 is 2.69 bits per heavy atom. The predicted molar refractivity (Wildman–Crippen MR) is 157 cm³/mol. The van der Waals surface area contributed by atoms with E-state index in [0.717, 1.165) is 63.7 Å². The van der Waals surface area contributed by atoms with Crippen LogP contribution in [0.4, 0.5) is 0 Å². The maximum atomic E-state index is 13.3. The molecule has 3 atom stereocenters. The maximum absolute atomic E-state index is 13.3. The van der Waals surface area contributed by atoms with Crippen LogP contribution in [0.2, 0.25) is 0 Å². The van der Waals surface area contributed by atoms with Gasteiger partial charge in [-0.15, -0.1) is 5.10 Å². The summed E-state index contributed by atoms with van der Waals surface area (Å²) >= 11 is 0. The van der Waals surface area contributed by atoms with Crippen molar-refractivity contribution in [3.8, 4) is 11.5 Å². The predicted octanol–water partition coefficient (Wildman–Crippen LogP) is 5.42. The molecule has 0 fully saturated rings. The number of aliphatic carboxylic acids is 1. The first kappa shape index (κ1) is 28.2. The number of rotatable bonds is 2. The lowest BCUT2D eigenvalue weighted by atomic mass is 9.83. The molecule has 4 heterocycles. The van der Waals surface area contributed by atoms with Crippen molar-refractivity contribution in [3.05, 3.63) is 81.9 Å². The molecule has 3 aliphatic rings. The van der Waals surface area contributed by atoms with Gasteiger partial charge in [0.05, 0.1) is 24.6 Å². The van der Waals surface area contributed by atoms with E-state index in [1.54, 1.807) is 12.1 Å². The lowest BCUT2D eigenvalue weighted by molar-refractivity contribution is -0.137. The number of benzene rings is 3. The molecule has 4 aromatic rings. The molecule has 3 aromatic carbocycles. The minimum Gasteiger partial charge on any atom is -0.494 e. The molecule has 0 spiro atoms. The van der Waals surface area contributed by atoms with Gasteiger partial charge in [0.15, 0.2) is 0 Å². The molecule has 1 aromatic heterocycles. The molecule has 3 aliphatic heterocycles. The Hall–Kier alpha value is -3.96. The summed E-state index contributed by atoms with van der Waals surface area (Å²) in [4.78, 5) is 12.1. The van der Waals surface area contributed by atoms with Crippen LogP contribution in [0.3, 0.4) is 0 Å². The fourth-order valence-electron chi connectivity index (χ4n) is 6.11. The van der Waals surface area contributed by atoms with Gasteiger partial charge in [-0.3, -0.25) is 4.79 Å². The summed E-state index contributed by atoms with van der Waals surface area (Å²) in [5.74, 6) is -0.426. The normalized spacial score (nSPS) is 21.9. The monoisotopic (exact) mass is 590 g/mol. The lowest BCUT2D eigenvalue weighted by Crippen LogP contribution is -2.39. The number of carboxylic acid groups (broad SMARTS) is 1. The molecule has 1 unspecified atom stereocenters. The van der Waals surface area contributed by atoms with Crippen molar-refractivity contribution in [3.63, 3.8) is 0 Å². The zero-order valence-electron chi connectivity index (χ0n) is 23.9. The third-order valence-electron chi connectivity index (χ3n) is 8.45. The van der Waals surface area contributed by atoms with Crippen molar-refractivity contribution in [2.45, 2.75) is 71.5 Å². The number of ether oxygens (including phenoxy) is 1. The quantitative estimate of drug-likeness (QED) is 0.328. The zero-order chi connectivity index (χ0) is 29.6. The van der Waals surface area contributed by atoms with Gasteiger partial charge in [-0.05, 0) is 92.1 Å². The van der Waals surface area contributed by atoms with E-state index >= 15 is 0 Å². The average Bonchev–Trinajstić information content (AvgIpc) is 3.36. The van der Waals surface area contributed by atoms with E-state index in [-0.39, 0.29) is 13.0 Å². The van der Waals surface area contributed by atoms with Crippen molar-refractivity contribution in [1.29, 1.82) is 0 Å². The molecule has 0 saturated heterocycles. The van der Waals surface area contributed by atoms with Gasteiger partial charge >= 0.3 is 16.3 Å². The molecule has 9 bridgehead atoms. The van der Waals surface area contributed by atoms with Gasteiger partial charge in [-0.1, -0.05) is 29.5 Å². The Morgan fingerprint density at radius 1 is 1.05 bits per heavy atom. The van der Waals surface area contributed by atoms with E-state index in [9.17, 15) is 18.3 Å². The molecular weight excluding hydrogens is 556 g/mol. The molecule has 0 radical (unpaired) electrons. The number of nitrogens with zero attached hydrogens (tertiary/aromatic N) is 4. The summed E-state index contributed by atoms with van der Waals surface area (Å²) in [6.07, 6.45) is 2.57. The van der Waals surface area contributed by atoms with Gasteiger partial charge in [0.2, 0.25) is 0 Å². The van der Waals surface area contributed by atoms with Crippen molar-refractivity contribution in [2.24, 2.45) is 0 Å². The van der Waals surface area contributed by atoms with Crippen LogP contribution in [0.25, 0.3) is 11.0 Å². The van der Waals surface area contributed by atoms with Gasteiger partial charge in [-0.25, -0.2) is 4.68 Å². The number of hydrogen-bond donors (Lipinski definition) is 1. The first-order valence-corrected chi connectivity index (χ1v) is 15.6. The highest BCUT2D eigenvalue weighted by molar-refractivity contribution is 7.84. The van der Waals surface area contributed by atoms with Crippen molar-refractivity contribution in [2.75, 3.05) is 6.61 Å². The Kier molecular flexibility index (Phi) is 7.40. The number of carboxylic acids is 1. The number of aryl methyl sites for hydroxylation is 3. The second-order valence-electron chi connectivity index (χ2n) is 11.2. The molecule has 1 N–H and O–H groups in total. The van der Waals surface area contributed by atoms with E-state index in [1.807, 2.05) is 61.9 Å². The fraction of sp³-hybridized carbons (Fsp3) is 0.387. The largest absolute Gasteiger partial charge is 0.494 e. The molecule has 42 heavy (non-hydrogen) atoms. The highest BCUT2D eigenvalue weighted by atomic mass is 32.2. The summed E-state index contributed by atoms with van der Waals surface area (Å²) in [6.45, 7) is 7.09. The molecule has 0 amide bonds. The maximum Gasteiger partial charge on any atom is 0.386 e. The highest BCUT2D eigenvalue weighted by Crippen LogP contribution is 2.40. The Balaban J connectivity index is 1.48. The van der Waals surface area contributed by atoms with E-state index in [4.69, 9.17) is 8.92 Å². The summed E-state index contributed by atoms with van der Waals surface area (Å²) < 4.78 is 41.4. The highest BCUT2D eigenvalue weighted by Gasteiger charge is 2.37. The molecule has 10 nitrogen and oxygen atoms in total. The van der Waals surface area contributed by atoms with Gasteiger partial charge in [-0.2, -0.15) is 12.7 Å². The number of hydrogen-bond acceptors (Lipinski definition) is 7. The van der Waals surface area contributed by atoms with Crippen molar-refractivity contribution < 1.29 is 27.2 Å². The number of carbonyl (C=O) groups is 1. The van der Waals surface area contributed by atoms with Crippen molar-refractivity contribution >= 4 is 27.3 Å². The van der Waals surface area contributed by atoms with Gasteiger partial charge in [0, 0.05) is 24.6 Å². The summed E-state index contributed by atoms with van der Waals surface area (Å²) in [5.41, 5.74) is 6.60. The molecule has 0 saturated carbocycles. The molecule has 7 rings (SSSR count). The molecule has 220 valence electrons. The molecular formula is C31H34N4O6S. The van der Waals surface area contributed by atoms with Gasteiger partial charge in [0.25, 0.3) is 0 Å². The van der Waals surface area contributed by atoms with Crippen LogP contribution in [-0.4, -0.2) is 45.4 Å². The Labute approximate surface area is 245 Å². The van der Waals surface area contributed by atoms with Crippen LogP contribution in [0.5, 0.6) is 11.5 Å². The number of aromatic nitrogens is 3. The van der Waals surface area contributed by atoms with Crippen LogP contribution < -0.4 is 8.92 Å². The minimum atomic E-state index is -4.08. The first-order valence-electron chi connectivity index (χ1n) is 14.2.